The Hall–Kier alpha value is -2.49. The fourth-order valence-corrected chi connectivity index (χ4v) is 7.42. The van der Waals surface area contributed by atoms with E-state index in [1.54, 1.807) is 9.80 Å². The highest BCUT2D eigenvalue weighted by Gasteiger charge is 2.70. The molecule has 2 bridgehead atoms. The molecule has 7 atom stereocenters. The van der Waals surface area contributed by atoms with Gasteiger partial charge < -0.3 is 19.9 Å². The lowest BCUT2D eigenvalue weighted by Gasteiger charge is -2.61. The van der Waals surface area contributed by atoms with Gasteiger partial charge in [0, 0.05) is 44.3 Å². The maximum absolute atomic E-state index is 13.8. The predicted octanol–water partition coefficient (Wildman–Crippen LogP) is 4.02. The standard InChI is InChI=1S/C31H45N3O6/c1-5-6-17-33(20-26(35)32-19-23-10-8-7-9-11-23)27(36)15-18-34-28(37)22(3)25-13-12-21(2)24-14-16-30(4)38-29(34)31(24,25)40-39-30/h7-11,21-22,24-25,29H,5-6,12-20H2,1-4H3,(H,32,35)/t21-,22+,24?,25?,29?,30?,31+/m0/s1. The van der Waals surface area contributed by atoms with Crippen LogP contribution in [0.4, 0.5) is 0 Å². The minimum absolute atomic E-state index is 0.00203. The Bertz CT molecular complexity index is 1080. The molecule has 1 N–H and O–H groups in total. The number of nitrogens with one attached hydrogen (secondary N) is 1. The molecule has 40 heavy (non-hydrogen) atoms. The maximum Gasteiger partial charge on any atom is 0.239 e. The Morgan fingerprint density at radius 1 is 1.10 bits per heavy atom. The Morgan fingerprint density at radius 2 is 1.88 bits per heavy atom. The fraction of sp³-hybridized carbons (Fsp3) is 0.710. The van der Waals surface area contributed by atoms with Gasteiger partial charge in [0.2, 0.25) is 23.5 Å². The van der Waals surface area contributed by atoms with Gasteiger partial charge in [-0.2, -0.15) is 0 Å². The molecule has 1 saturated carbocycles. The van der Waals surface area contributed by atoms with Gasteiger partial charge in [-0.3, -0.25) is 14.4 Å². The lowest BCUT2D eigenvalue weighted by Crippen LogP contribution is -2.75. The highest BCUT2D eigenvalue weighted by molar-refractivity contribution is 5.85. The normalized spacial score (nSPS) is 34.6. The van der Waals surface area contributed by atoms with Gasteiger partial charge >= 0.3 is 0 Å². The lowest BCUT2D eigenvalue weighted by molar-refractivity contribution is -0.547. The maximum atomic E-state index is 13.8. The largest absolute Gasteiger partial charge is 0.350 e. The third-order valence-corrected chi connectivity index (χ3v) is 9.72. The monoisotopic (exact) mass is 555 g/mol. The summed E-state index contributed by atoms with van der Waals surface area (Å²) >= 11 is 0. The van der Waals surface area contributed by atoms with Crippen LogP contribution < -0.4 is 5.32 Å². The second-order valence-corrected chi connectivity index (χ2v) is 12.4. The molecular weight excluding hydrogens is 510 g/mol. The first-order valence-corrected chi connectivity index (χ1v) is 15.1. The zero-order chi connectivity index (χ0) is 28.5. The molecule has 4 unspecified atom stereocenters. The number of amides is 3. The van der Waals surface area contributed by atoms with Gasteiger partial charge in [-0.1, -0.05) is 57.5 Å². The zero-order valence-electron chi connectivity index (χ0n) is 24.4. The molecule has 4 saturated heterocycles. The zero-order valence-corrected chi connectivity index (χ0v) is 24.4. The van der Waals surface area contributed by atoms with E-state index in [9.17, 15) is 14.4 Å². The lowest BCUT2D eigenvalue weighted by atomic mass is 9.57. The van der Waals surface area contributed by atoms with Crippen LogP contribution in [0.15, 0.2) is 30.3 Å². The van der Waals surface area contributed by atoms with Crippen molar-refractivity contribution in [3.8, 4) is 0 Å². The number of unbranched alkanes of at least 4 members (excludes halogenated alkanes) is 1. The van der Waals surface area contributed by atoms with Crippen LogP contribution >= 0.6 is 0 Å². The van der Waals surface area contributed by atoms with Gasteiger partial charge in [0.05, 0.1) is 6.54 Å². The van der Waals surface area contributed by atoms with Gasteiger partial charge in [0.15, 0.2) is 11.8 Å². The molecule has 4 aliphatic heterocycles. The molecule has 4 heterocycles. The summed E-state index contributed by atoms with van der Waals surface area (Å²) in [6.07, 6.45) is 4.79. The van der Waals surface area contributed by atoms with Crippen molar-refractivity contribution in [3.63, 3.8) is 0 Å². The molecule has 3 amide bonds. The molecule has 5 aliphatic rings. The second-order valence-electron chi connectivity index (χ2n) is 12.4. The summed E-state index contributed by atoms with van der Waals surface area (Å²) in [5.41, 5.74) is 0.272. The average molecular weight is 556 g/mol. The number of carbonyl (C=O) groups is 3. The molecule has 0 aromatic heterocycles. The van der Waals surface area contributed by atoms with Crippen molar-refractivity contribution in [2.75, 3.05) is 19.6 Å². The van der Waals surface area contributed by atoms with E-state index in [1.807, 2.05) is 44.2 Å². The van der Waals surface area contributed by atoms with E-state index in [-0.39, 0.29) is 55.0 Å². The molecule has 6 rings (SSSR count). The SMILES string of the molecule is CCCCN(CC(=O)NCc1ccccc1)C(=O)CCN1C(=O)[C@H](C)C2CC[C@H](C)C3CCC4(C)OO[C@]32C1O4. The number of fused-ring (bicyclic) bond motifs is 2. The van der Waals surface area contributed by atoms with E-state index in [2.05, 4.69) is 19.2 Å². The first-order valence-electron chi connectivity index (χ1n) is 15.1. The van der Waals surface area contributed by atoms with E-state index in [0.717, 1.165) is 37.7 Å². The Labute approximate surface area is 237 Å². The van der Waals surface area contributed by atoms with Crippen LogP contribution in [0.2, 0.25) is 0 Å². The molecule has 1 aliphatic carbocycles. The molecule has 9 nitrogen and oxygen atoms in total. The fourth-order valence-electron chi connectivity index (χ4n) is 7.42. The van der Waals surface area contributed by atoms with Gasteiger partial charge in [-0.25, -0.2) is 9.78 Å². The predicted molar refractivity (Wildman–Crippen MR) is 148 cm³/mol. The van der Waals surface area contributed by atoms with Crippen molar-refractivity contribution in [1.82, 2.24) is 15.1 Å². The number of hydrogen-bond donors (Lipinski definition) is 1. The molecule has 1 aromatic carbocycles. The van der Waals surface area contributed by atoms with Crippen LogP contribution in [0, 0.1) is 23.7 Å². The van der Waals surface area contributed by atoms with Crippen LogP contribution in [0.5, 0.6) is 0 Å². The van der Waals surface area contributed by atoms with Crippen molar-refractivity contribution < 1.29 is 28.9 Å². The highest BCUT2D eigenvalue weighted by atomic mass is 17.3. The van der Waals surface area contributed by atoms with Gasteiger partial charge in [0.25, 0.3) is 0 Å². The third kappa shape index (κ3) is 5.40. The Morgan fingerprint density at radius 3 is 2.62 bits per heavy atom. The minimum atomic E-state index is -0.926. The number of piperidine rings is 1. The summed E-state index contributed by atoms with van der Waals surface area (Å²) in [4.78, 5) is 55.6. The summed E-state index contributed by atoms with van der Waals surface area (Å²) in [7, 11) is 0. The van der Waals surface area contributed by atoms with Crippen LogP contribution in [0.3, 0.4) is 0 Å². The number of ether oxygens (including phenoxy) is 1. The van der Waals surface area contributed by atoms with E-state index in [0.29, 0.717) is 25.4 Å². The number of benzene rings is 1. The van der Waals surface area contributed by atoms with Crippen LogP contribution in [0.1, 0.15) is 78.2 Å². The summed E-state index contributed by atoms with van der Waals surface area (Å²) in [5, 5.41) is 2.92. The van der Waals surface area contributed by atoms with E-state index in [1.165, 1.54) is 0 Å². The van der Waals surface area contributed by atoms with Gasteiger partial charge in [-0.15, -0.1) is 0 Å². The summed E-state index contributed by atoms with van der Waals surface area (Å²) < 4.78 is 6.57. The molecule has 0 radical (unpaired) electrons. The summed E-state index contributed by atoms with van der Waals surface area (Å²) in [6.45, 7) is 9.31. The van der Waals surface area contributed by atoms with Gasteiger partial charge in [0.1, 0.15) is 0 Å². The number of nitrogens with zero attached hydrogens (tertiary/aromatic N) is 2. The molecule has 220 valence electrons. The first kappa shape index (κ1) is 29.0. The molecule has 9 heteroatoms. The topological polar surface area (TPSA) is 97.4 Å². The molecule has 1 aromatic rings. The Kier molecular flexibility index (Phi) is 8.55. The highest BCUT2D eigenvalue weighted by Crippen LogP contribution is 2.60. The quantitative estimate of drug-likeness (QED) is 0.438. The number of carbonyl (C=O) groups excluding carboxylic acids is 3. The van der Waals surface area contributed by atoms with Crippen LogP contribution in [-0.4, -0.2) is 64.8 Å². The summed E-state index contributed by atoms with van der Waals surface area (Å²) in [5.74, 6) is -0.866. The van der Waals surface area contributed by atoms with Crippen molar-refractivity contribution in [2.24, 2.45) is 23.7 Å². The number of likely N-dealkylation sites (tertiary alicyclic amines) is 1. The van der Waals surface area contributed by atoms with Crippen molar-refractivity contribution >= 4 is 17.7 Å². The van der Waals surface area contributed by atoms with Gasteiger partial charge in [-0.05, 0) is 50.0 Å². The van der Waals surface area contributed by atoms with Crippen molar-refractivity contribution in [3.05, 3.63) is 35.9 Å². The first-order chi connectivity index (χ1) is 19.2. The molecular formula is C31H45N3O6. The van der Waals surface area contributed by atoms with Crippen LogP contribution in [0.25, 0.3) is 0 Å². The number of hydrogen-bond acceptors (Lipinski definition) is 6. The van der Waals surface area contributed by atoms with Crippen LogP contribution in [-0.2, 0) is 35.4 Å². The summed E-state index contributed by atoms with van der Waals surface area (Å²) in [6, 6.07) is 9.71. The molecule has 5 fully saturated rings. The average Bonchev–Trinajstić information content (AvgIpc) is 3.19. The Balaban J connectivity index is 1.29. The second kappa shape index (κ2) is 11.8. The van der Waals surface area contributed by atoms with Crippen molar-refractivity contribution in [1.29, 1.82) is 0 Å². The smallest absolute Gasteiger partial charge is 0.239 e. The number of rotatable bonds is 10. The minimum Gasteiger partial charge on any atom is -0.350 e. The third-order valence-electron chi connectivity index (χ3n) is 9.72. The van der Waals surface area contributed by atoms with E-state index < -0.39 is 17.6 Å². The van der Waals surface area contributed by atoms with E-state index in [4.69, 9.17) is 14.5 Å². The van der Waals surface area contributed by atoms with Crippen molar-refractivity contribution in [2.45, 2.75) is 96.8 Å². The molecule has 1 spiro atoms. The van der Waals surface area contributed by atoms with E-state index >= 15 is 0 Å².